The van der Waals surface area contributed by atoms with E-state index in [1.165, 1.54) is 5.56 Å². The number of likely N-dealkylation sites (N-methyl/N-ethyl adjacent to an activating group) is 1. The molecule has 0 aliphatic rings. The van der Waals surface area contributed by atoms with Crippen LogP contribution in [0, 0.1) is 0 Å². The summed E-state index contributed by atoms with van der Waals surface area (Å²) in [7, 11) is 0. The van der Waals surface area contributed by atoms with E-state index in [1.807, 2.05) is 36.1 Å². The van der Waals surface area contributed by atoms with Crippen LogP contribution < -0.4 is 4.74 Å². The van der Waals surface area contributed by atoms with Crippen LogP contribution in [-0.2, 0) is 11.2 Å². The maximum Gasteiger partial charge on any atom is 0.260 e. The Bertz CT molecular complexity index is 373. The van der Waals surface area contributed by atoms with E-state index in [1.54, 1.807) is 0 Å². The third-order valence-electron chi connectivity index (χ3n) is 3.21. The highest BCUT2D eigenvalue weighted by molar-refractivity contribution is 5.77. The Morgan fingerprint density at radius 1 is 1.16 bits per heavy atom. The highest BCUT2D eigenvalue weighted by Gasteiger charge is 2.11. The molecule has 19 heavy (non-hydrogen) atoms. The molecule has 1 rings (SSSR count). The monoisotopic (exact) mass is 263 g/mol. The van der Waals surface area contributed by atoms with Crippen LogP contribution in [0.1, 0.15) is 39.2 Å². The quantitative estimate of drug-likeness (QED) is 0.720. The van der Waals surface area contributed by atoms with Gasteiger partial charge < -0.3 is 9.64 Å². The lowest BCUT2D eigenvalue weighted by atomic mass is 10.2. The Morgan fingerprint density at radius 2 is 1.84 bits per heavy atom. The van der Waals surface area contributed by atoms with Gasteiger partial charge in [0.05, 0.1) is 0 Å². The number of carbonyl (C=O) groups is 1. The minimum absolute atomic E-state index is 0.0653. The summed E-state index contributed by atoms with van der Waals surface area (Å²) in [6, 6.07) is 7.92. The molecule has 0 unspecified atom stereocenters. The predicted molar refractivity (Wildman–Crippen MR) is 78.5 cm³/mol. The van der Waals surface area contributed by atoms with Gasteiger partial charge in [0.25, 0.3) is 5.91 Å². The first kappa shape index (κ1) is 15.5. The molecule has 3 heteroatoms. The second-order valence-electron chi connectivity index (χ2n) is 4.61. The number of hydrogen-bond donors (Lipinski definition) is 0. The fourth-order valence-corrected chi connectivity index (χ4v) is 1.87. The fourth-order valence-electron chi connectivity index (χ4n) is 1.87. The van der Waals surface area contributed by atoms with Gasteiger partial charge in [-0.2, -0.15) is 0 Å². The second-order valence-corrected chi connectivity index (χ2v) is 4.61. The summed E-state index contributed by atoms with van der Waals surface area (Å²) in [4.78, 5) is 13.8. The van der Waals surface area contributed by atoms with Crippen molar-refractivity contribution in [2.75, 3.05) is 19.7 Å². The number of benzene rings is 1. The molecule has 0 N–H and O–H groups in total. The van der Waals surface area contributed by atoms with E-state index < -0.39 is 0 Å². The number of unbranched alkanes of at least 4 members (excludes halogenated alkanes) is 1. The molecule has 0 saturated carbocycles. The average molecular weight is 263 g/mol. The van der Waals surface area contributed by atoms with Crippen LogP contribution in [0.2, 0.25) is 0 Å². The highest BCUT2D eigenvalue weighted by Crippen LogP contribution is 2.12. The van der Waals surface area contributed by atoms with Crippen molar-refractivity contribution in [2.24, 2.45) is 0 Å². The van der Waals surface area contributed by atoms with Crippen LogP contribution in [0.25, 0.3) is 0 Å². The summed E-state index contributed by atoms with van der Waals surface area (Å²) >= 11 is 0. The Kier molecular flexibility index (Phi) is 7.01. The van der Waals surface area contributed by atoms with Crippen molar-refractivity contribution in [1.29, 1.82) is 0 Å². The van der Waals surface area contributed by atoms with Crippen LogP contribution in [0.15, 0.2) is 24.3 Å². The SMILES string of the molecule is CCCCN(CC)C(=O)COc1ccc(CC)cc1. The molecule has 0 spiro atoms. The predicted octanol–water partition coefficient (Wildman–Crippen LogP) is 3.28. The molecule has 1 aromatic rings. The number of amides is 1. The van der Waals surface area contributed by atoms with Gasteiger partial charge in [-0.05, 0) is 37.5 Å². The Labute approximate surface area is 116 Å². The largest absolute Gasteiger partial charge is 0.484 e. The van der Waals surface area contributed by atoms with Crippen molar-refractivity contribution < 1.29 is 9.53 Å². The first-order chi connectivity index (χ1) is 9.21. The fraction of sp³-hybridized carbons (Fsp3) is 0.562. The third-order valence-corrected chi connectivity index (χ3v) is 3.21. The molecule has 3 nitrogen and oxygen atoms in total. The van der Waals surface area contributed by atoms with Crippen molar-refractivity contribution in [3.8, 4) is 5.75 Å². The normalized spacial score (nSPS) is 10.3. The number of nitrogens with zero attached hydrogens (tertiary/aromatic N) is 1. The van der Waals surface area contributed by atoms with Crippen molar-refractivity contribution >= 4 is 5.91 Å². The maximum atomic E-state index is 12.0. The molecule has 0 aromatic heterocycles. The molecular weight excluding hydrogens is 238 g/mol. The van der Waals surface area contributed by atoms with Crippen LogP contribution in [0.3, 0.4) is 0 Å². The second kappa shape index (κ2) is 8.57. The highest BCUT2D eigenvalue weighted by atomic mass is 16.5. The Morgan fingerprint density at radius 3 is 2.37 bits per heavy atom. The van der Waals surface area contributed by atoms with E-state index in [0.717, 1.165) is 38.1 Å². The van der Waals surface area contributed by atoms with E-state index in [4.69, 9.17) is 4.74 Å². The van der Waals surface area contributed by atoms with Crippen molar-refractivity contribution in [2.45, 2.75) is 40.0 Å². The van der Waals surface area contributed by atoms with Crippen LogP contribution in [0.5, 0.6) is 5.75 Å². The van der Waals surface area contributed by atoms with Gasteiger partial charge in [-0.25, -0.2) is 0 Å². The molecule has 0 aliphatic heterocycles. The lowest BCUT2D eigenvalue weighted by Gasteiger charge is -2.20. The molecule has 0 radical (unpaired) electrons. The number of hydrogen-bond acceptors (Lipinski definition) is 2. The molecule has 0 fully saturated rings. The summed E-state index contributed by atoms with van der Waals surface area (Å²) in [5, 5.41) is 0. The molecule has 0 heterocycles. The van der Waals surface area contributed by atoms with E-state index in [2.05, 4.69) is 13.8 Å². The standard InChI is InChI=1S/C16H25NO2/c1-4-7-12-17(6-3)16(18)13-19-15-10-8-14(5-2)9-11-15/h8-11H,4-7,12-13H2,1-3H3. The number of ether oxygens (including phenoxy) is 1. The number of carbonyl (C=O) groups excluding carboxylic acids is 1. The Balaban J connectivity index is 2.43. The van der Waals surface area contributed by atoms with E-state index >= 15 is 0 Å². The zero-order valence-corrected chi connectivity index (χ0v) is 12.3. The van der Waals surface area contributed by atoms with Crippen LogP contribution >= 0.6 is 0 Å². The van der Waals surface area contributed by atoms with Gasteiger partial charge >= 0.3 is 0 Å². The summed E-state index contributed by atoms with van der Waals surface area (Å²) in [6.45, 7) is 7.95. The molecule has 0 aliphatic carbocycles. The van der Waals surface area contributed by atoms with E-state index in [9.17, 15) is 4.79 Å². The summed E-state index contributed by atoms with van der Waals surface area (Å²) < 4.78 is 5.54. The van der Waals surface area contributed by atoms with Crippen LogP contribution in [0.4, 0.5) is 0 Å². The minimum Gasteiger partial charge on any atom is -0.484 e. The lowest BCUT2D eigenvalue weighted by Crippen LogP contribution is -2.35. The van der Waals surface area contributed by atoms with Gasteiger partial charge in [0.1, 0.15) is 5.75 Å². The molecule has 1 amide bonds. The Hall–Kier alpha value is -1.51. The maximum absolute atomic E-state index is 12.0. The molecular formula is C16H25NO2. The van der Waals surface area contributed by atoms with E-state index in [-0.39, 0.29) is 12.5 Å². The van der Waals surface area contributed by atoms with Gasteiger partial charge in [-0.15, -0.1) is 0 Å². The van der Waals surface area contributed by atoms with Gasteiger partial charge in [0.2, 0.25) is 0 Å². The van der Waals surface area contributed by atoms with Gasteiger partial charge in [-0.3, -0.25) is 4.79 Å². The van der Waals surface area contributed by atoms with Crippen LogP contribution in [-0.4, -0.2) is 30.5 Å². The minimum atomic E-state index is 0.0653. The smallest absolute Gasteiger partial charge is 0.260 e. The summed E-state index contributed by atoms with van der Waals surface area (Å²) in [6.07, 6.45) is 3.16. The lowest BCUT2D eigenvalue weighted by molar-refractivity contribution is -0.133. The topological polar surface area (TPSA) is 29.5 Å². The first-order valence-electron chi connectivity index (χ1n) is 7.20. The van der Waals surface area contributed by atoms with Gasteiger partial charge in [-0.1, -0.05) is 32.4 Å². The van der Waals surface area contributed by atoms with Crippen molar-refractivity contribution in [1.82, 2.24) is 4.90 Å². The molecule has 0 saturated heterocycles. The summed E-state index contributed by atoms with van der Waals surface area (Å²) in [5.41, 5.74) is 1.27. The third kappa shape index (κ3) is 5.33. The number of aryl methyl sites for hydroxylation is 1. The molecule has 106 valence electrons. The summed E-state index contributed by atoms with van der Waals surface area (Å²) in [5.74, 6) is 0.826. The zero-order chi connectivity index (χ0) is 14.1. The molecule has 0 atom stereocenters. The van der Waals surface area contributed by atoms with Crippen molar-refractivity contribution in [3.63, 3.8) is 0 Å². The molecule has 1 aromatic carbocycles. The van der Waals surface area contributed by atoms with E-state index in [0.29, 0.717) is 0 Å². The van der Waals surface area contributed by atoms with Crippen molar-refractivity contribution in [3.05, 3.63) is 29.8 Å². The number of rotatable bonds is 8. The zero-order valence-electron chi connectivity index (χ0n) is 12.3. The van der Waals surface area contributed by atoms with Gasteiger partial charge in [0, 0.05) is 13.1 Å². The van der Waals surface area contributed by atoms with Gasteiger partial charge in [0.15, 0.2) is 6.61 Å². The average Bonchev–Trinajstić information content (AvgIpc) is 2.46. The molecule has 0 bridgehead atoms. The first-order valence-corrected chi connectivity index (χ1v) is 7.20.